The van der Waals surface area contributed by atoms with Crippen molar-refractivity contribution in [3.05, 3.63) is 45.8 Å². The lowest BCUT2D eigenvalue weighted by atomic mass is 10.1. The van der Waals surface area contributed by atoms with E-state index >= 15 is 0 Å². The molecule has 1 aromatic carbocycles. The van der Waals surface area contributed by atoms with Crippen LogP contribution in [0.15, 0.2) is 24.3 Å². The van der Waals surface area contributed by atoms with Crippen LogP contribution in [-0.4, -0.2) is 36.1 Å². The van der Waals surface area contributed by atoms with E-state index in [9.17, 15) is 24.0 Å². The zero-order valence-electron chi connectivity index (χ0n) is 17.5. The molecule has 0 saturated carbocycles. The lowest BCUT2D eigenvalue weighted by Gasteiger charge is -2.08. The third-order valence-corrected chi connectivity index (χ3v) is 6.10. The average molecular weight is 458 g/mol. The summed E-state index contributed by atoms with van der Waals surface area (Å²) in [6.45, 7) is 0.896. The zero-order valence-corrected chi connectivity index (χ0v) is 18.3. The molecule has 32 heavy (non-hydrogen) atoms. The van der Waals surface area contributed by atoms with Crippen molar-refractivity contribution in [3.63, 3.8) is 0 Å². The van der Waals surface area contributed by atoms with Crippen LogP contribution in [0.2, 0.25) is 0 Å². The van der Waals surface area contributed by atoms with E-state index in [0.29, 0.717) is 21.8 Å². The number of rotatable bonds is 9. The molecule has 168 valence electrons. The van der Waals surface area contributed by atoms with Crippen LogP contribution in [0.1, 0.15) is 57.3 Å². The Morgan fingerprint density at radius 3 is 2.56 bits per heavy atom. The van der Waals surface area contributed by atoms with Crippen LogP contribution in [0.5, 0.6) is 0 Å². The number of hydrogen-bond donors (Lipinski definition) is 3. The van der Waals surface area contributed by atoms with E-state index in [1.807, 2.05) is 0 Å². The standard InChI is InChI=1S/C22H23N3O6S/c1-12(26)13-4-2-5-14(10-13)24-18(28)11-31-19(29)9-8-17(27)25-22-20(21(23)30)15-6-3-7-16(15)32-22/h2,4-5,10H,3,6-9,11H2,1H3,(H2,23,30)(H,24,28)(H,25,27). The maximum atomic E-state index is 12.2. The summed E-state index contributed by atoms with van der Waals surface area (Å²) in [6.07, 6.45) is 2.17. The van der Waals surface area contributed by atoms with E-state index in [2.05, 4.69) is 10.6 Å². The van der Waals surface area contributed by atoms with Crippen molar-refractivity contribution < 1.29 is 28.7 Å². The molecule has 4 N–H and O–H groups in total. The minimum Gasteiger partial charge on any atom is -0.456 e. The number of ether oxygens (including phenoxy) is 1. The third-order valence-electron chi connectivity index (χ3n) is 4.89. The van der Waals surface area contributed by atoms with E-state index < -0.39 is 30.3 Å². The molecular weight excluding hydrogens is 434 g/mol. The van der Waals surface area contributed by atoms with Crippen LogP contribution < -0.4 is 16.4 Å². The predicted molar refractivity (Wildman–Crippen MR) is 119 cm³/mol. The number of fused-ring (bicyclic) bond motifs is 1. The maximum absolute atomic E-state index is 12.2. The highest BCUT2D eigenvalue weighted by molar-refractivity contribution is 7.17. The predicted octanol–water partition coefficient (Wildman–Crippen LogP) is 2.44. The van der Waals surface area contributed by atoms with Crippen LogP contribution in [0.3, 0.4) is 0 Å². The van der Waals surface area contributed by atoms with Gasteiger partial charge in [0.25, 0.3) is 11.8 Å². The highest BCUT2D eigenvalue weighted by Gasteiger charge is 2.26. The second-order valence-electron chi connectivity index (χ2n) is 7.32. The molecule has 9 nitrogen and oxygen atoms in total. The first-order chi connectivity index (χ1) is 15.2. The molecule has 3 amide bonds. The van der Waals surface area contributed by atoms with Crippen LogP contribution >= 0.6 is 11.3 Å². The highest BCUT2D eigenvalue weighted by Crippen LogP contribution is 2.38. The normalized spacial score (nSPS) is 12.0. The summed E-state index contributed by atoms with van der Waals surface area (Å²) in [4.78, 5) is 60.3. The minimum absolute atomic E-state index is 0.138. The van der Waals surface area contributed by atoms with Crippen LogP contribution in [0, 0.1) is 0 Å². The second-order valence-corrected chi connectivity index (χ2v) is 8.42. The van der Waals surface area contributed by atoms with E-state index in [1.165, 1.54) is 24.3 Å². The number of anilines is 2. The molecule has 3 rings (SSSR count). The van der Waals surface area contributed by atoms with Gasteiger partial charge < -0.3 is 21.1 Å². The lowest BCUT2D eigenvalue weighted by molar-refractivity contribution is -0.147. The van der Waals surface area contributed by atoms with Crippen molar-refractivity contribution in [2.24, 2.45) is 5.73 Å². The summed E-state index contributed by atoms with van der Waals surface area (Å²) in [5, 5.41) is 5.60. The highest BCUT2D eigenvalue weighted by atomic mass is 32.1. The average Bonchev–Trinajstić information content (AvgIpc) is 3.31. The Kier molecular flexibility index (Phi) is 7.37. The molecule has 10 heteroatoms. The molecule has 1 aliphatic rings. The fourth-order valence-corrected chi connectivity index (χ4v) is 4.70. The van der Waals surface area contributed by atoms with Crippen molar-refractivity contribution in [1.82, 2.24) is 0 Å². The largest absolute Gasteiger partial charge is 0.456 e. The van der Waals surface area contributed by atoms with Gasteiger partial charge in [-0.1, -0.05) is 12.1 Å². The van der Waals surface area contributed by atoms with Gasteiger partial charge in [0.2, 0.25) is 5.91 Å². The molecule has 0 bridgehead atoms. The Bertz CT molecular complexity index is 1090. The molecular formula is C22H23N3O6S. The van der Waals surface area contributed by atoms with Crippen molar-refractivity contribution >= 4 is 51.5 Å². The molecule has 2 aromatic rings. The van der Waals surface area contributed by atoms with Gasteiger partial charge in [-0.15, -0.1) is 11.3 Å². The number of esters is 1. The van der Waals surface area contributed by atoms with Gasteiger partial charge >= 0.3 is 5.97 Å². The van der Waals surface area contributed by atoms with Gasteiger partial charge in [-0.25, -0.2) is 0 Å². The lowest BCUT2D eigenvalue weighted by Crippen LogP contribution is -2.22. The van der Waals surface area contributed by atoms with Crippen LogP contribution in [0.25, 0.3) is 0 Å². The number of nitrogens with two attached hydrogens (primary N) is 1. The number of primary amides is 1. The molecule has 0 radical (unpaired) electrons. The monoisotopic (exact) mass is 457 g/mol. The van der Waals surface area contributed by atoms with E-state index in [1.54, 1.807) is 18.2 Å². The third kappa shape index (κ3) is 5.79. The number of benzene rings is 1. The number of thiophene rings is 1. The summed E-state index contributed by atoms with van der Waals surface area (Å²) in [6, 6.07) is 6.38. The van der Waals surface area contributed by atoms with E-state index in [4.69, 9.17) is 10.5 Å². The van der Waals surface area contributed by atoms with Crippen molar-refractivity contribution in [2.45, 2.75) is 39.0 Å². The van der Waals surface area contributed by atoms with Crippen molar-refractivity contribution in [1.29, 1.82) is 0 Å². The van der Waals surface area contributed by atoms with Gasteiger partial charge in [0.05, 0.1) is 12.0 Å². The molecule has 0 spiro atoms. The number of nitrogens with one attached hydrogen (secondary N) is 2. The first-order valence-corrected chi connectivity index (χ1v) is 10.9. The summed E-state index contributed by atoms with van der Waals surface area (Å²) >= 11 is 1.33. The minimum atomic E-state index is -0.711. The van der Waals surface area contributed by atoms with E-state index in [-0.39, 0.29) is 18.6 Å². The summed E-state index contributed by atoms with van der Waals surface area (Å²) in [7, 11) is 0. The van der Waals surface area contributed by atoms with Gasteiger partial charge in [0, 0.05) is 22.5 Å². The number of Topliss-reactive ketones (excluding diaryl/α,β-unsaturated/α-hetero) is 1. The number of carbonyl (C=O) groups excluding carboxylic acids is 5. The Morgan fingerprint density at radius 1 is 1.06 bits per heavy atom. The fraction of sp³-hybridized carbons (Fsp3) is 0.318. The first-order valence-electron chi connectivity index (χ1n) is 10.0. The van der Waals surface area contributed by atoms with Crippen LogP contribution in [-0.2, 0) is 32.0 Å². The molecule has 0 saturated heterocycles. The number of carbonyl (C=O) groups is 5. The summed E-state index contributed by atoms with van der Waals surface area (Å²) in [5.41, 5.74) is 7.57. The topological polar surface area (TPSA) is 145 Å². The van der Waals surface area contributed by atoms with Gasteiger partial charge in [-0.2, -0.15) is 0 Å². The van der Waals surface area contributed by atoms with Crippen LogP contribution in [0.4, 0.5) is 10.7 Å². The Morgan fingerprint density at radius 2 is 1.84 bits per heavy atom. The number of ketones is 1. The van der Waals surface area contributed by atoms with Gasteiger partial charge in [-0.05, 0) is 43.9 Å². The molecule has 1 aromatic heterocycles. The molecule has 0 atom stereocenters. The SMILES string of the molecule is CC(=O)c1cccc(NC(=O)COC(=O)CCC(=O)Nc2sc3c(c2C(N)=O)CCC3)c1. The summed E-state index contributed by atoms with van der Waals surface area (Å²) < 4.78 is 4.90. The second kappa shape index (κ2) is 10.2. The number of hydrogen-bond acceptors (Lipinski definition) is 7. The molecule has 0 fully saturated rings. The van der Waals surface area contributed by atoms with Crippen molar-refractivity contribution in [2.75, 3.05) is 17.2 Å². The quantitative estimate of drug-likeness (QED) is 0.390. The number of aryl methyl sites for hydroxylation is 1. The Labute approximate surface area is 188 Å². The smallest absolute Gasteiger partial charge is 0.306 e. The van der Waals surface area contributed by atoms with Crippen molar-refractivity contribution in [3.8, 4) is 0 Å². The molecule has 0 unspecified atom stereocenters. The van der Waals surface area contributed by atoms with Gasteiger partial charge in [0.15, 0.2) is 12.4 Å². The Balaban J connectivity index is 1.44. The molecule has 1 heterocycles. The van der Waals surface area contributed by atoms with E-state index in [0.717, 1.165) is 29.7 Å². The Hall–Kier alpha value is -3.53. The first kappa shape index (κ1) is 23.1. The maximum Gasteiger partial charge on any atom is 0.306 e. The number of amides is 3. The molecule has 0 aliphatic heterocycles. The fourth-order valence-electron chi connectivity index (χ4n) is 3.39. The van der Waals surface area contributed by atoms with Gasteiger partial charge in [-0.3, -0.25) is 24.0 Å². The van der Waals surface area contributed by atoms with Gasteiger partial charge in [0.1, 0.15) is 5.00 Å². The zero-order chi connectivity index (χ0) is 23.3. The molecule has 1 aliphatic carbocycles. The summed E-state index contributed by atoms with van der Waals surface area (Å²) in [5.74, 6) is -2.45.